The van der Waals surface area contributed by atoms with Crippen molar-refractivity contribution in [3.8, 4) is 6.07 Å². The molecule has 6 heteroatoms. The predicted molar refractivity (Wildman–Crippen MR) is 101 cm³/mol. The fourth-order valence-corrected chi connectivity index (χ4v) is 3.07. The number of hydrogen-bond acceptors (Lipinski definition) is 5. The number of nitrogens with one attached hydrogen (secondary N) is 1. The first kappa shape index (κ1) is 17.9. The second-order valence-corrected chi connectivity index (χ2v) is 6.59. The topological polar surface area (TPSA) is 72.3 Å². The average molecular weight is 349 g/mol. The second kappa shape index (κ2) is 7.98. The van der Waals surface area contributed by atoms with Gasteiger partial charge in [0.1, 0.15) is 11.9 Å². The molecule has 134 valence electrons. The number of likely N-dealkylation sites (N-methyl/N-ethyl adjacent to an activating group) is 1. The lowest BCUT2D eigenvalue weighted by molar-refractivity contribution is 0.0945. The third-order valence-corrected chi connectivity index (χ3v) is 4.74. The molecule has 1 aromatic heterocycles. The number of anilines is 1. The van der Waals surface area contributed by atoms with E-state index in [4.69, 9.17) is 0 Å². The highest BCUT2D eigenvalue weighted by Gasteiger charge is 2.19. The number of pyridine rings is 1. The van der Waals surface area contributed by atoms with Crippen LogP contribution in [0.2, 0.25) is 0 Å². The maximum absolute atomic E-state index is 12.7. The van der Waals surface area contributed by atoms with E-state index in [0.29, 0.717) is 5.56 Å². The van der Waals surface area contributed by atoms with Crippen molar-refractivity contribution >= 4 is 11.7 Å². The maximum Gasteiger partial charge on any atom is 0.252 e. The summed E-state index contributed by atoms with van der Waals surface area (Å²) in [6, 6.07) is 12.6. The molecule has 1 aromatic carbocycles. The predicted octanol–water partition coefficient (Wildman–Crippen LogP) is 2.14. The van der Waals surface area contributed by atoms with Gasteiger partial charge in [-0.25, -0.2) is 4.98 Å². The summed E-state index contributed by atoms with van der Waals surface area (Å²) >= 11 is 0. The first-order valence-corrected chi connectivity index (χ1v) is 8.74. The third-order valence-electron chi connectivity index (χ3n) is 4.74. The summed E-state index contributed by atoms with van der Waals surface area (Å²) in [5.41, 5.74) is 2.31. The van der Waals surface area contributed by atoms with Gasteiger partial charge in [0.25, 0.3) is 5.91 Å². The van der Waals surface area contributed by atoms with E-state index >= 15 is 0 Å². The maximum atomic E-state index is 12.7. The largest absolute Gasteiger partial charge is 0.354 e. The molecular weight excluding hydrogens is 326 g/mol. The van der Waals surface area contributed by atoms with Crippen molar-refractivity contribution in [2.45, 2.75) is 13.0 Å². The van der Waals surface area contributed by atoms with E-state index in [9.17, 15) is 10.1 Å². The molecule has 1 N–H and O–H groups in total. The summed E-state index contributed by atoms with van der Waals surface area (Å²) in [7, 11) is 2.10. The fourth-order valence-electron chi connectivity index (χ4n) is 3.07. The minimum atomic E-state index is -0.677. The Labute approximate surface area is 154 Å². The number of piperazine rings is 1. The fraction of sp³-hybridized carbons (Fsp3) is 0.350. The number of rotatable bonds is 4. The summed E-state index contributed by atoms with van der Waals surface area (Å²) < 4.78 is 0. The lowest BCUT2D eigenvalue weighted by Crippen LogP contribution is -2.44. The van der Waals surface area contributed by atoms with Gasteiger partial charge in [-0.1, -0.05) is 24.3 Å². The molecule has 0 radical (unpaired) electrons. The van der Waals surface area contributed by atoms with Gasteiger partial charge in [0.2, 0.25) is 0 Å². The number of carbonyl (C=O) groups is 1. The van der Waals surface area contributed by atoms with Crippen molar-refractivity contribution < 1.29 is 4.79 Å². The highest BCUT2D eigenvalue weighted by atomic mass is 16.1. The second-order valence-electron chi connectivity index (χ2n) is 6.59. The number of nitrogens with zero attached hydrogens (tertiary/aromatic N) is 4. The molecule has 1 atom stereocenters. The Hall–Kier alpha value is -2.91. The van der Waals surface area contributed by atoms with Crippen molar-refractivity contribution in [1.82, 2.24) is 15.2 Å². The number of aryl methyl sites for hydroxylation is 1. The van der Waals surface area contributed by atoms with E-state index in [1.807, 2.05) is 31.2 Å². The average Bonchev–Trinajstić information content (AvgIpc) is 2.67. The van der Waals surface area contributed by atoms with Crippen LogP contribution in [-0.2, 0) is 0 Å². The van der Waals surface area contributed by atoms with Gasteiger partial charge in [0, 0.05) is 37.9 Å². The minimum absolute atomic E-state index is 0.266. The molecule has 1 aliphatic heterocycles. The number of benzene rings is 1. The molecule has 2 heterocycles. The molecule has 2 aromatic rings. The Morgan fingerprint density at radius 3 is 2.65 bits per heavy atom. The van der Waals surface area contributed by atoms with Gasteiger partial charge < -0.3 is 15.1 Å². The first-order chi connectivity index (χ1) is 12.6. The van der Waals surface area contributed by atoms with Crippen LogP contribution in [0.1, 0.15) is 27.5 Å². The highest BCUT2D eigenvalue weighted by molar-refractivity contribution is 5.95. The van der Waals surface area contributed by atoms with Crippen molar-refractivity contribution in [3.63, 3.8) is 0 Å². The molecule has 0 aliphatic carbocycles. The van der Waals surface area contributed by atoms with Gasteiger partial charge in [-0.3, -0.25) is 4.79 Å². The number of carbonyl (C=O) groups excluding carboxylic acids is 1. The molecule has 3 rings (SSSR count). The van der Waals surface area contributed by atoms with E-state index in [0.717, 1.165) is 43.1 Å². The lowest BCUT2D eigenvalue weighted by atomic mass is 10.0. The van der Waals surface area contributed by atoms with Gasteiger partial charge in [0.05, 0.1) is 6.07 Å². The van der Waals surface area contributed by atoms with Crippen LogP contribution in [0.3, 0.4) is 0 Å². The Kier molecular flexibility index (Phi) is 5.49. The molecule has 0 saturated carbocycles. The van der Waals surface area contributed by atoms with Crippen LogP contribution in [0.5, 0.6) is 0 Å². The first-order valence-electron chi connectivity index (χ1n) is 8.74. The number of amides is 1. The van der Waals surface area contributed by atoms with E-state index in [2.05, 4.69) is 33.2 Å². The molecule has 1 amide bonds. The summed E-state index contributed by atoms with van der Waals surface area (Å²) in [6.07, 6.45) is 1.65. The van der Waals surface area contributed by atoms with Crippen LogP contribution in [0.15, 0.2) is 42.6 Å². The summed E-state index contributed by atoms with van der Waals surface area (Å²) in [4.78, 5) is 21.5. The number of nitriles is 1. The summed E-state index contributed by atoms with van der Waals surface area (Å²) in [5.74, 6) is 0.535. The van der Waals surface area contributed by atoms with Gasteiger partial charge in [-0.15, -0.1) is 0 Å². The Morgan fingerprint density at radius 2 is 1.96 bits per heavy atom. The molecule has 26 heavy (non-hydrogen) atoms. The van der Waals surface area contributed by atoms with Gasteiger partial charge >= 0.3 is 0 Å². The van der Waals surface area contributed by atoms with E-state index in [1.165, 1.54) is 0 Å². The Bertz CT molecular complexity index is 821. The van der Waals surface area contributed by atoms with Crippen molar-refractivity contribution in [3.05, 3.63) is 59.3 Å². The van der Waals surface area contributed by atoms with Crippen LogP contribution in [0, 0.1) is 18.3 Å². The van der Waals surface area contributed by atoms with Crippen LogP contribution >= 0.6 is 0 Å². The molecule has 1 aliphatic rings. The zero-order valence-corrected chi connectivity index (χ0v) is 15.1. The van der Waals surface area contributed by atoms with Crippen LogP contribution in [0.25, 0.3) is 0 Å². The smallest absolute Gasteiger partial charge is 0.252 e. The van der Waals surface area contributed by atoms with Crippen molar-refractivity contribution in [1.29, 1.82) is 5.26 Å². The van der Waals surface area contributed by atoms with Crippen molar-refractivity contribution in [2.24, 2.45) is 0 Å². The monoisotopic (exact) mass is 349 g/mol. The number of aromatic nitrogens is 1. The lowest BCUT2D eigenvalue weighted by Gasteiger charge is -2.33. The quantitative estimate of drug-likeness (QED) is 0.915. The molecule has 1 saturated heterocycles. The highest BCUT2D eigenvalue weighted by Crippen LogP contribution is 2.19. The van der Waals surface area contributed by atoms with Crippen LogP contribution < -0.4 is 10.2 Å². The summed E-state index contributed by atoms with van der Waals surface area (Å²) in [6.45, 7) is 5.66. The van der Waals surface area contributed by atoms with Gasteiger partial charge in [-0.2, -0.15) is 5.26 Å². The zero-order chi connectivity index (χ0) is 18.5. The minimum Gasteiger partial charge on any atom is -0.354 e. The molecule has 1 unspecified atom stereocenters. The Balaban J connectivity index is 1.74. The molecule has 1 fully saturated rings. The van der Waals surface area contributed by atoms with Gasteiger partial charge in [-0.05, 0) is 37.2 Å². The SMILES string of the molecule is Cc1ccccc1C(C#N)NC(=O)c1ccnc(N2CCN(C)CC2)c1. The van der Waals surface area contributed by atoms with E-state index in [1.54, 1.807) is 18.3 Å². The van der Waals surface area contributed by atoms with Crippen LogP contribution in [0.4, 0.5) is 5.82 Å². The standard InChI is InChI=1S/C20H23N5O/c1-15-5-3-4-6-17(15)18(14-21)23-20(26)16-7-8-22-19(13-16)25-11-9-24(2)10-12-25/h3-8,13,18H,9-12H2,1-2H3,(H,23,26). The Morgan fingerprint density at radius 1 is 1.23 bits per heavy atom. The van der Waals surface area contributed by atoms with E-state index < -0.39 is 6.04 Å². The molecule has 0 spiro atoms. The van der Waals surface area contributed by atoms with Crippen LogP contribution in [-0.4, -0.2) is 49.0 Å². The molecule has 6 nitrogen and oxygen atoms in total. The van der Waals surface area contributed by atoms with E-state index in [-0.39, 0.29) is 5.91 Å². The summed E-state index contributed by atoms with van der Waals surface area (Å²) in [5, 5.41) is 12.3. The van der Waals surface area contributed by atoms with Gasteiger partial charge in [0.15, 0.2) is 0 Å². The number of hydrogen-bond donors (Lipinski definition) is 1. The zero-order valence-electron chi connectivity index (χ0n) is 15.1. The molecule has 0 bridgehead atoms. The van der Waals surface area contributed by atoms with Crippen molar-refractivity contribution in [2.75, 3.05) is 38.1 Å². The third kappa shape index (κ3) is 4.01. The normalized spacial score (nSPS) is 16.0. The molecular formula is C20H23N5O.